The highest BCUT2D eigenvalue weighted by atomic mass is 19.4. The number of carbonyl (C=O) groups is 1. The number of pyridine rings is 1. The third kappa shape index (κ3) is 4.44. The van der Waals surface area contributed by atoms with Gasteiger partial charge in [-0.25, -0.2) is 4.98 Å². The molecular weight excluding hydrogens is 355 g/mol. The number of alkyl halides is 3. The monoisotopic (exact) mass is 371 g/mol. The third-order valence-electron chi connectivity index (χ3n) is 3.94. The molecule has 0 unspecified atom stereocenters. The summed E-state index contributed by atoms with van der Waals surface area (Å²) < 4.78 is 37.9. The maximum absolute atomic E-state index is 12.7. The summed E-state index contributed by atoms with van der Waals surface area (Å²) in [6.07, 6.45) is -2.91. The van der Waals surface area contributed by atoms with Crippen LogP contribution in [0.3, 0.4) is 0 Å². The lowest BCUT2D eigenvalue weighted by Gasteiger charge is -2.17. The smallest absolute Gasteiger partial charge is 0.340 e. The second-order valence-corrected chi connectivity index (χ2v) is 5.83. The van der Waals surface area contributed by atoms with E-state index in [-0.39, 0.29) is 5.91 Å². The molecule has 1 amide bonds. The highest BCUT2D eigenvalue weighted by molar-refractivity contribution is 6.06. The van der Waals surface area contributed by atoms with Gasteiger partial charge >= 0.3 is 6.18 Å². The van der Waals surface area contributed by atoms with Crippen LogP contribution in [0.5, 0.6) is 0 Å². The lowest BCUT2D eigenvalue weighted by Crippen LogP contribution is -2.26. The maximum atomic E-state index is 12.7. The number of hydrogen-bond acceptors (Lipinski definition) is 3. The summed E-state index contributed by atoms with van der Waals surface area (Å²) in [6.45, 7) is 0. The van der Waals surface area contributed by atoms with Crippen molar-refractivity contribution in [2.45, 2.75) is 6.18 Å². The van der Waals surface area contributed by atoms with Crippen molar-refractivity contribution in [2.75, 3.05) is 17.3 Å². The van der Waals surface area contributed by atoms with Crippen LogP contribution in [0.25, 0.3) is 0 Å². The van der Waals surface area contributed by atoms with Gasteiger partial charge in [0, 0.05) is 30.2 Å². The number of halogens is 3. The largest absolute Gasteiger partial charge is 0.416 e. The lowest BCUT2D eigenvalue weighted by atomic mass is 10.2. The van der Waals surface area contributed by atoms with E-state index >= 15 is 0 Å². The Morgan fingerprint density at radius 3 is 2.30 bits per heavy atom. The molecule has 0 aliphatic heterocycles. The molecule has 7 heteroatoms. The molecule has 4 nitrogen and oxygen atoms in total. The predicted octanol–water partition coefficient (Wildman–Crippen LogP) is 5.12. The standard InChI is InChI=1S/C20H16F3N3O/c1-26(17-5-3-2-4-6-17)19(27)14-11-12-24-18(13-14)25-16-9-7-15(8-10-16)20(21,22)23/h2-13H,1H3,(H,24,25). The van der Waals surface area contributed by atoms with Crippen LogP contribution in [0.1, 0.15) is 15.9 Å². The van der Waals surface area contributed by atoms with E-state index in [0.29, 0.717) is 17.1 Å². The van der Waals surface area contributed by atoms with Crippen LogP contribution in [-0.4, -0.2) is 17.9 Å². The molecule has 0 radical (unpaired) electrons. The number of aromatic nitrogens is 1. The van der Waals surface area contributed by atoms with Gasteiger partial charge in [-0.15, -0.1) is 0 Å². The second-order valence-electron chi connectivity index (χ2n) is 5.83. The molecule has 0 spiro atoms. The van der Waals surface area contributed by atoms with Crippen molar-refractivity contribution >= 4 is 23.1 Å². The summed E-state index contributed by atoms with van der Waals surface area (Å²) in [6, 6.07) is 16.9. The Kier molecular flexibility index (Phi) is 5.12. The Hall–Kier alpha value is -3.35. The number of nitrogens with one attached hydrogen (secondary N) is 1. The topological polar surface area (TPSA) is 45.2 Å². The van der Waals surface area contributed by atoms with Gasteiger partial charge in [0.15, 0.2) is 0 Å². The predicted molar refractivity (Wildman–Crippen MR) is 98.1 cm³/mol. The SMILES string of the molecule is CN(C(=O)c1ccnc(Nc2ccc(C(F)(F)F)cc2)c1)c1ccccc1. The molecule has 0 atom stereocenters. The fourth-order valence-electron chi connectivity index (χ4n) is 2.48. The first-order chi connectivity index (χ1) is 12.8. The fourth-order valence-corrected chi connectivity index (χ4v) is 2.48. The summed E-state index contributed by atoms with van der Waals surface area (Å²) in [5, 5.41) is 2.91. The van der Waals surface area contributed by atoms with Crippen LogP contribution >= 0.6 is 0 Å². The van der Waals surface area contributed by atoms with Gasteiger partial charge in [-0.2, -0.15) is 13.2 Å². The lowest BCUT2D eigenvalue weighted by molar-refractivity contribution is -0.137. The quantitative estimate of drug-likeness (QED) is 0.692. The van der Waals surface area contributed by atoms with Gasteiger partial charge < -0.3 is 10.2 Å². The number of nitrogens with zero attached hydrogens (tertiary/aromatic N) is 2. The van der Waals surface area contributed by atoms with E-state index in [0.717, 1.165) is 17.8 Å². The first-order valence-electron chi connectivity index (χ1n) is 8.08. The Morgan fingerprint density at radius 2 is 1.67 bits per heavy atom. The van der Waals surface area contributed by atoms with Crippen LogP contribution < -0.4 is 10.2 Å². The van der Waals surface area contributed by atoms with Crippen molar-refractivity contribution in [1.82, 2.24) is 4.98 Å². The zero-order valence-electron chi connectivity index (χ0n) is 14.4. The molecule has 1 aromatic heterocycles. The summed E-state index contributed by atoms with van der Waals surface area (Å²) >= 11 is 0. The highest BCUT2D eigenvalue weighted by Gasteiger charge is 2.29. The summed E-state index contributed by atoms with van der Waals surface area (Å²) in [7, 11) is 1.67. The van der Waals surface area contributed by atoms with Gasteiger partial charge in [0.2, 0.25) is 0 Å². The normalized spacial score (nSPS) is 11.1. The van der Waals surface area contributed by atoms with E-state index in [9.17, 15) is 18.0 Å². The molecule has 3 rings (SSSR count). The molecule has 0 bridgehead atoms. The number of para-hydroxylation sites is 1. The molecule has 2 aromatic carbocycles. The first-order valence-corrected chi connectivity index (χ1v) is 8.08. The van der Waals surface area contributed by atoms with Crippen LogP contribution in [0, 0.1) is 0 Å². The molecule has 1 heterocycles. The number of amides is 1. The van der Waals surface area contributed by atoms with Crippen molar-refractivity contribution in [1.29, 1.82) is 0 Å². The Balaban J connectivity index is 1.76. The second kappa shape index (κ2) is 7.49. The summed E-state index contributed by atoms with van der Waals surface area (Å²) in [5.74, 6) is 0.140. The molecule has 3 aromatic rings. The molecular formula is C20H16F3N3O. The summed E-state index contributed by atoms with van der Waals surface area (Å²) in [4.78, 5) is 18.3. The third-order valence-corrected chi connectivity index (χ3v) is 3.94. The van der Waals surface area contributed by atoms with Crippen molar-refractivity contribution in [3.63, 3.8) is 0 Å². The molecule has 0 aliphatic rings. The zero-order valence-corrected chi connectivity index (χ0v) is 14.4. The Bertz CT molecular complexity index is 925. The minimum absolute atomic E-state index is 0.223. The van der Waals surface area contributed by atoms with E-state index in [1.54, 1.807) is 19.2 Å². The van der Waals surface area contributed by atoms with Crippen LogP contribution in [0.4, 0.5) is 30.4 Å². The van der Waals surface area contributed by atoms with Crippen molar-refractivity contribution < 1.29 is 18.0 Å². The maximum Gasteiger partial charge on any atom is 0.416 e. The fraction of sp³-hybridized carbons (Fsp3) is 0.100. The number of rotatable bonds is 4. The molecule has 1 N–H and O–H groups in total. The van der Waals surface area contributed by atoms with Crippen LogP contribution in [0.2, 0.25) is 0 Å². The van der Waals surface area contributed by atoms with Gasteiger partial charge in [0.05, 0.1) is 5.56 Å². The molecule has 138 valence electrons. The Labute approximate surface area is 154 Å². The van der Waals surface area contributed by atoms with Gasteiger partial charge in [0.1, 0.15) is 5.82 Å². The van der Waals surface area contributed by atoms with Crippen molar-refractivity contribution in [3.8, 4) is 0 Å². The molecule has 0 fully saturated rings. The van der Waals surface area contributed by atoms with Gasteiger partial charge in [-0.05, 0) is 48.5 Å². The molecule has 0 saturated carbocycles. The van der Waals surface area contributed by atoms with Crippen LogP contribution in [0.15, 0.2) is 72.9 Å². The average Bonchev–Trinajstić information content (AvgIpc) is 2.67. The van der Waals surface area contributed by atoms with E-state index in [1.807, 2.05) is 30.3 Å². The van der Waals surface area contributed by atoms with Crippen molar-refractivity contribution in [3.05, 3.63) is 84.1 Å². The van der Waals surface area contributed by atoms with Crippen LogP contribution in [-0.2, 0) is 6.18 Å². The minimum Gasteiger partial charge on any atom is -0.340 e. The van der Waals surface area contributed by atoms with Crippen molar-refractivity contribution in [2.24, 2.45) is 0 Å². The highest BCUT2D eigenvalue weighted by Crippen LogP contribution is 2.30. The van der Waals surface area contributed by atoms with E-state index < -0.39 is 11.7 Å². The number of anilines is 3. The molecule has 0 saturated heterocycles. The van der Waals surface area contributed by atoms with Gasteiger partial charge in [0.25, 0.3) is 5.91 Å². The molecule has 27 heavy (non-hydrogen) atoms. The number of benzene rings is 2. The van der Waals surface area contributed by atoms with E-state index in [4.69, 9.17) is 0 Å². The summed E-state index contributed by atoms with van der Waals surface area (Å²) in [5.41, 5.74) is 0.869. The van der Waals surface area contributed by atoms with E-state index in [1.165, 1.54) is 23.2 Å². The molecule has 0 aliphatic carbocycles. The zero-order chi connectivity index (χ0) is 19.4. The minimum atomic E-state index is -4.38. The number of carbonyl (C=O) groups excluding carboxylic acids is 1. The Morgan fingerprint density at radius 1 is 1.00 bits per heavy atom. The van der Waals surface area contributed by atoms with Gasteiger partial charge in [-0.3, -0.25) is 4.79 Å². The van der Waals surface area contributed by atoms with Gasteiger partial charge in [-0.1, -0.05) is 18.2 Å². The van der Waals surface area contributed by atoms with E-state index in [2.05, 4.69) is 10.3 Å². The number of hydrogen-bond donors (Lipinski definition) is 1. The first kappa shape index (κ1) is 18.4. The average molecular weight is 371 g/mol.